The van der Waals surface area contributed by atoms with Crippen molar-refractivity contribution < 1.29 is 4.79 Å². The number of hydrogen-bond donors (Lipinski definition) is 2. The van der Waals surface area contributed by atoms with Gasteiger partial charge in [-0.2, -0.15) is 0 Å². The van der Waals surface area contributed by atoms with Crippen LogP contribution in [0.2, 0.25) is 0 Å². The molecule has 126 valence electrons. The van der Waals surface area contributed by atoms with Gasteiger partial charge in [0.2, 0.25) is 5.91 Å². The van der Waals surface area contributed by atoms with E-state index in [9.17, 15) is 4.79 Å². The number of aromatic nitrogens is 1. The Morgan fingerprint density at radius 2 is 2.08 bits per heavy atom. The van der Waals surface area contributed by atoms with E-state index in [1.165, 1.54) is 42.2 Å². The van der Waals surface area contributed by atoms with Crippen LogP contribution in [-0.4, -0.2) is 17.4 Å². The second-order valence-corrected chi connectivity index (χ2v) is 7.16. The molecule has 2 aliphatic rings. The lowest BCUT2D eigenvalue weighted by atomic mass is 9.86. The molecule has 2 aromatic rings. The Hall–Kier alpha value is -2.03. The molecule has 1 heterocycles. The average Bonchev–Trinajstić information content (AvgIpc) is 3.01. The number of benzene rings is 1. The van der Waals surface area contributed by atoms with Gasteiger partial charge in [0.25, 0.3) is 0 Å². The molecule has 1 atom stereocenters. The van der Waals surface area contributed by atoms with Crippen LogP contribution in [0, 0.1) is 0 Å². The van der Waals surface area contributed by atoms with Gasteiger partial charge < -0.3 is 10.3 Å². The molecule has 24 heavy (non-hydrogen) atoms. The Labute approximate surface area is 143 Å². The molecule has 0 bridgehead atoms. The zero-order valence-electron chi connectivity index (χ0n) is 14.2. The molecule has 0 unspecified atom stereocenters. The van der Waals surface area contributed by atoms with Crippen LogP contribution in [0.1, 0.15) is 62.1 Å². The zero-order valence-corrected chi connectivity index (χ0v) is 14.2. The number of para-hydroxylation sites is 1. The molecular formula is C21H26N2O. The summed E-state index contributed by atoms with van der Waals surface area (Å²) in [5, 5.41) is 4.47. The first-order valence-corrected chi connectivity index (χ1v) is 9.38. The van der Waals surface area contributed by atoms with Crippen molar-refractivity contribution in [1.82, 2.24) is 10.3 Å². The van der Waals surface area contributed by atoms with E-state index in [1.807, 2.05) is 0 Å². The van der Waals surface area contributed by atoms with Gasteiger partial charge in [0.1, 0.15) is 0 Å². The Bertz CT molecular complexity index is 771. The third-order valence-corrected chi connectivity index (χ3v) is 5.56. The summed E-state index contributed by atoms with van der Waals surface area (Å²) < 4.78 is 0. The first-order valence-electron chi connectivity index (χ1n) is 9.38. The molecule has 0 saturated carbocycles. The van der Waals surface area contributed by atoms with Crippen LogP contribution in [-0.2, 0) is 11.2 Å². The lowest BCUT2D eigenvalue weighted by molar-refractivity contribution is -0.122. The van der Waals surface area contributed by atoms with Gasteiger partial charge in [0, 0.05) is 23.1 Å². The molecule has 0 radical (unpaired) electrons. The molecule has 3 heteroatoms. The van der Waals surface area contributed by atoms with Crippen molar-refractivity contribution in [2.45, 2.75) is 57.3 Å². The van der Waals surface area contributed by atoms with Crippen molar-refractivity contribution in [2.75, 3.05) is 6.54 Å². The van der Waals surface area contributed by atoms with Crippen LogP contribution < -0.4 is 5.32 Å². The zero-order chi connectivity index (χ0) is 16.4. The topological polar surface area (TPSA) is 44.9 Å². The molecule has 4 rings (SSSR count). The fourth-order valence-electron chi connectivity index (χ4n) is 4.28. The molecule has 0 saturated heterocycles. The van der Waals surface area contributed by atoms with Crippen LogP contribution in [0.5, 0.6) is 0 Å². The molecule has 0 fully saturated rings. The number of aromatic amines is 1. The summed E-state index contributed by atoms with van der Waals surface area (Å²) in [6.45, 7) is 0.775. The number of nitrogens with one attached hydrogen (secondary N) is 2. The summed E-state index contributed by atoms with van der Waals surface area (Å²) in [5.41, 5.74) is 5.19. The molecule has 0 aliphatic heterocycles. The number of allylic oxidation sites excluding steroid dienone is 1. The standard InChI is InChI=1S/C21H26N2O/c24-21(22-14-13-15-7-2-1-3-8-15)18-11-6-10-17-16-9-4-5-12-19(16)23-20(17)18/h4-5,7,9,12,18,23H,1-3,6,8,10-11,13-14H2,(H,22,24)/t18-/m1/s1. The lowest BCUT2D eigenvalue weighted by Gasteiger charge is -2.22. The predicted molar refractivity (Wildman–Crippen MR) is 98.2 cm³/mol. The molecular weight excluding hydrogens is 296 g/mol. The van der Waals surface area contributed by atoms with Gasteiger partial charge in [-0.15, -0.1) is 0 Å². The van der Waals surface area contributed by atoms with Crippen molar-refractivity contribution in [3.05, 3.63) is 47.2 Å². The van der Waals surface area contributed by atoms with E-state index in [-0.39, 0.29) is 11.8 Å². The van der Waals surface area contributed by atoms with Crippen LogP contribution in [0.25, 0.3) is 10.9 Å². The Morgan fingerprint density at radius 3 is 2.96 bits per heavy atom. The lowest BCUT2D eigenvalue weighted by Crippen LogP contribution is -2.32. The Balaban J connectivity index is 1.45. The van der Waals surface area contributed by atoms with Crippen molar-refractivity contribution in [1.29, 1.82) is 0 Å². The fraction of sp³-hybridized carbons (Fsp3) is 0.476. The van der Waals surface area contributed by atoms with E-state index in [2.05, 4.69) is 40.6 Å². The van der Waals surface area contributed by atoms with E-state index >= 15 is 0 Å². The van der Waals surface area contributed by atoms with Crippen molar-refractivity contribution in [3.63, 3.8) is 0 Å². The molecule has 1 amide bonds. The smallest absolute Gasteiger partial charge is 0.229 e. The van der Waals surface area contributed by atoms with Crippen molar-refractivity contribution in [2.24, 2.45) is 0 Å². The van der Waals surface area contributed by atoms with E-state index in [4.69, 9.17) is 0 Å². The normalized spacial score (nSPS) is 20.5. The number of fused-ring (bicyclic) bond motifs is 3. The molecule has 1 aromatic heterocycles. The highest BCUT2D eigenvalue weighted by atomic mass is 16.1. The van der Waals surface area contributed by atoms with Gasteiger partial charge in [0.15, 0.2) is 0 Å². The quantitative estimate of drug-likeness (QED) is 0.794. The summed E-state index contributed by atoms with van der Waals surface area (Å²) >= 11 is 0. The molecule has 1 aromatic carbocycles. The second-order valence-electron chi connectivity index (χ2n) is 7.16. The highest BCUT2D eigenvalue weighted by Crippen LogP contribution is 2.36. The first kappa shape index (κ1) is 15.5. The second kappa shape index (κ2) is 6.84. The monoisotopic (exact) mass is 322 g/mol. The number of rotatable bonds is 4. The minimum atomic E-state index is -0.0125. The number of amides is 1. The summed E-state index contributed by atoms with van der Waals surface area (Å²) in [6.07, 6.45) is 11.6. The van der Waals surface area contributed by atoms with Crippen molar-refractivity contribution >= 4 is 16.8 Å². The van der Waals surface area contributed by atoms with Crippen molar-refractivity contribution in [3.8, 4) is 0 Å². The van der Waals surface area contributed by atoms with Crippen LogP contribution in [0.4, 0.5) is 0 Å². The number of carbonyl (C=O) groups is 1. The number of H-pyrrole nitrogens is 1. The number of hydrogen-bond acceptors (Lipinski definition) is 1. The molecule has 3 nitrogen and oxygen atoms in total. The molecule has 2 aliphatic carbocycles. The fourth-order valence-corrected chi connectivity index (χ4v) is 4.28. The average molecular weight is 322 g/mol. The summed E-state index contributed by atoms with van der Waals surface area (Å²) in [4.78, 5) is 16.2. The maximum atomic E-state index is 12.7. The SMILES string of the molecule is O=C(NCCC1=CCCCC1)[C@@H]1CCCc2c1[nH]c1ccccc21. The van der Waals surface area contributed by atoms with E-state index < -0.39 is 0 Å². The highest BCUT2D eigenvalue weighted by molar-refractivity contribution is 5.90. The summed E-state index contributed by atoms with van der Waals surface area (Å²) in [7, 11) is 0. The van der Waals surface area contributed by atoms with E-state index in [0.29, 0.717) is 0 Å². The van der Waals surface area contributed by atoms with Gasteiger partial charge >= 0.3 is 0 Å². The van der Waals surface area contributed by atoms with Crippen LogP contribution in [0.3, 0.4) is 0 Å². The van der Waals surface area contributed by atoms with Crippen LogP contribution >= 0.6 is 0 Å². The third-order valence-electron chi connectivity index (χ3n) is 5.56. The minimum absolute atomic E-state index is 0.0125. The number of carbonyl (C=O) groups excluding carboxylic acids is 1. The minimum Gasteiger partial charge on any atom is -0.357 e. The van der Waals surface area contributed by atoms with Crippen LogP contribution in [0.15, 0.2) is 35.9 Å². The Kier molecular flexibility index (Phi) is 4.42. The summed E-state index contributed by atoms with van der Waals surface area (Å²) in [5.74, 6) is 0.181. The highest BCUT2D eigenvalue weighted by Gasteiger charge is 2.29. The summed E-state index contributed by atoms with van der Waals surface area (Å²) in [6, 6.07) is 8.41. The maximum Gasteiger partial charge on any atom is 0.229 e. The largest absolute Gasteiger partial charge is 0.357 e. The molecule has 2 N–H and O–H groups in total. The van der Waals surface area contributed by atoms with E-state index in [1.54, 1.807) is 0 Å². The van der Waals surface area contributed by atoms with Gasteiger partial charge in [-0.3, -0.25) is 4.79 Å². The van der Waals surface area contributed by atoms with Gasteiger partial charge in [-0.05, 0) is 63.0 Å². The Morgan fingerprint density at radius 1 is 1.17 bits per heavy atom. The van der Waals surface area contributed by atoms with Gasteiger partial charge in [0.05, 0.1) is 5.92 Å². The van der Waals surface area contributed by atoms with Gasteiger partial charge in [-0.25, -0.2) is 0 Å². The molecule has 0 spiro atoms. The first-order chi connectivity index (χ1) is 11.8. The number of aryl methyl sites for hydroxylation is 1. The third kappa shape index (κ3) is 3.00. The van der Waals surface area contributed by atoms with Gasteiger partial charge in [-0.1, -0.05) is 29.8 Å². The predicted octanol–water partition coefficient (Wildman–Crippen LogP) is 4.59. The maximum absolute atomic E-state index is 12.7. The van der Waals surface area contributed by atoms with E-state index in [0.717, 1.165) is 43.4 Å².